The third-order valence-electron chi connectivity index (χ3n) is 13.2. The van der Waals surface area contributed by atoms with Crippen molar-refractivity contribution in [1.29, 1.82) is 0 Å². The highest BCUT2D eigenvalue weighted by molar-refractivity contribution is 5.90. The first kappa shape index (κ1) is 32.8. The number of fused-ring (bicyclic) bond motifs is 1. The molecule has 1 N–H and O–H groups in total. The molecule has 2 aromatic rings. The molecule has 10 rings (SSSR count). The lowest BCUT2D eigenvalue weighted by Gasteiger charge is -2.69. The number of hydrogen-bond acceptors (Lipinski definition) is 11. The average molecular weight is 684 g/mol. The Morgan fingerprint density at radius 3 is 2.00 bits per heavy atom. The maximum absolute atomic E-state index is 13.8. The van der Waals surface area contributed by atoms with Crippen LogP contribution in [0.5, 0.6) is 0 Å². The van der Waals surface area contributed by atoms with Crippen molar-refractivity contribution in [3.63, 3.8) is 0 Å². The van der Waals surface area contributed by atoms with Crippen LogP contribution >= 0.6 is 0 Å². The summed E-state index contributed by atoms with van der Waals surface area (Å²) in [5.74, 6) is -4.83. The highest BCUT2D eigenvalue weighted by Crippen LogP contribution is 2.85. The van der Waals surface area contributed by atoms with E-state index in [-0.39, 0.29) is 6.42 Å². The Kier molecular flexibility index (Phi) is 7.27. The molecule has 8 aliphatic rings. The van der Waals surface area contributed by atoms with Crippen molar-refractivity contribution in [2.45, 2.75) is 76.2 Å². The number of carbonyl (C=O) groups is 5. The molecule has 2 aliphatic heterocycles. The van der Waals surface area contributed by atoms with Gasteiger partial charge < -0.3 is 28.8 Å². The molecule has 0 radical (unpaired) electrons. The Labute approximate surface area is 289 Å². The van der Waals surface area contributed by atoms with Crippen molar-refractivity contribution in [2.75, 3.05) is 7.05 Å². The maximum atomic E-state index is 13.8. The number of piperidine rings is 1. The number of esters is 4. The summed E-state index contributed by atoms with van der Waals surface area (Å²) in [6, 6.07) is 15.9. The van der Waals surface area contributed by atoms with Crippen molar-refractivity contribution in [2.24, 2.45) is 39.9 Å². The minimum Gasteiger partial charge on any atom is -0.461 e. The van der Waals surface area contributed by atoms with Gasteiger partial charge in [0.05, 0.1) is 23.1 Å². The van der Waals surface area contributed by atoms with Gasteiger partial charge >= 0.3 is 23.9 Å². The molecule has 2 saturated heterocycles. The van der Waals surface area contributed by atoms with Crippen LogP contribution < -0.4 is 0 Å². The van der Waals surface area contributed by atoms with E-state index in [4.69, 9.17) is 18.9 Å². The van der Waals surface area contributed by atoms with Gasteiger partial charge in [0.15, 0.2) is 0 Å². The van der Waals surface area contributed by atoms with E-state index in [1.165, 1.54) is 13.8 Å². The average Bonchev–Trinajstić information content (AvgIpc) is 3.41. The van der Waals surface area contributed by atoms with Crippen LogP contribution in [0.15, 0.2) is 72.8 Å². The molecule has 2 heterocycles. The van der Waals surface area contributed by atoms with Gasteiger partial charge in [-0.2, -0.15) is 0 Å². The zero-order chi connectivity index (χ0) is 35.5. The van der Waals surface area contributed by atoms with E-state index in [9.17, 15) is 29.1 Å². The Morgan fingerprint density at radius 2 is 1.44 bits per heavy atom. The minimum atomic E-state index is -1.17. The number of benzene rings is 2. The number of aliphatic hydroxyl groups excluding tert-OH is 1. The predicted molar refractivity (Wildman–Crippen MR) is 175 cm³/mol. The Hall–Kier alpha value is -4.35. The second kappa shape index (κ2) is 11.1. The number of likely N-dealkylation sites (N-methyl/N-ethyl adjacent to an activating group) is 1. The molecule has 6 aliphatic carbocycles. The molecule has 0 amide bonds. The first-order chi connectivity index (χ1) is 23.8. The molecule has 2 aromatic carbocycles. The standard InChI is InChI=1S/C39H41NO10/c1-19-16-38-26-28(50-36(46)23-14-10-7-11-15-23)25(19)29(47-20(2)42)31(38)39-30(27(33(38)44)40(5)32(26)39)37(4,18-41)17-24(34(39)48-21(3)43)49-35(45)22-12-8-6-9-13-22/h6-15,18,24-34,44H,1,16-17H2,2-5H3/t24-,25-,26+,27+,28-,29+,30+,31+,32+,33+,34+,37-,38-,39?/m0/s1. The van der Waals surface area contributed by atoms with Gasteiger partial charge in [-0.3, -0.25) is 14.5 Å². The summed E-state index contributed by atoms with van der Waals surface area (Å²) in [5, 5.41) is 12.7. The number of aldehydes is 1. The Morgan fingerprint density at radius 1 is 0.860 bits per heavy atom. The first-order valence-corrected chi connectivity index (χ1v) is 17.2. The van der Waals surface area contributed by atoms with Crippen molar-refractivity contribution < 1.29 is 48.0 Å². The van der Waals surface area contributed by atoms with Crippen LogP contribution in [0.3, 0.4) is 0 Å². The monoisotopic (exact) mass is 683 g/mol. The fraction of sp³-hybridized carbons (Fsp3) is 0.513. The van der Waals surface area contributed by atoms with Gasteiger partial charge in [-0.1, -0.05) is 55.5 Å². The van der Waals surface area contributed by atoms with E-state index in [1.807, 2.05) is 7.05 Å². The fourth-order valence-corrected chi connectivity index (χ4v) is 12.3. The normalized spacial score (nSPS) is 43.1. The second-order valence-electron chi connectivity index (χ2n) is 15.5. The summed E-state index contributed by atoms with van der Waals surface area (Å²) in [4.78, 5) is 69.1. The van der Waals surface area contributed by atoms with Gasteiger partial charge in [-0.15, -0.1) is 0 Å². The highest BCUT2D eigenvalue weighted by Gasteiger charge is 2.93. The van der Waals surface area contributed by atoms with Gasteiger partial charge in [-0.05, 0) is 37.7 Å². The number of aliphatic hydroxyl groups is 1. The lowest BCUT2D eigenvalue weighted by atomic mass is 9.37. The van der Waals surface area contributed by atoms with Crippen molar-refractivity contribution >= 4 is 30.2 Å². The van der Waals surface area contributed by atoms with Gasteiger partial charge in [0.2, 0.25) is 0 Å². The smallest absolute Gasteiger partial charge is 0.338 e. The number of nitrogens with zero attached hydrogens (tertiary/aromatic N) is 1. The highest BCUT2D eigenvalue weighted by atomic mass is 16.6. The molecule has 0 aromatic heterocycles. The van der Waals surface area contributed by atoms with Crippen LogP contribution in [0.2, 0.25) is 0 Å². The summed E-state index contributed by atoms with van der Waals surface area (Å²) in [5.41, 5.74) is -2.04. The molecule has 1 unspecified atom stereocenters. The van der Waals surface area contributed by atoms with Crippen molar-refractivity contribution in [1.82, 2.24) is 4.90 Å². The summed E-state index contributed by atoms with van der Waals surface area (Å²) >= 11 is 0. The molecule has 8 fully saturated rings. The van der Waals surface area contributed by atoms with E-state index in [2.05, 4.69) is 11.5 Å². The summed E-state index contributed by atoms with van der Waals surface area (Å²) in [7, 11) is 1.88. The number of hydrogen-bond donors (Lipinski definition) is 1. The van der Waals surface area contributed by atoms with E-state index < -0.39 is 106 Å². The minimum absolute atomic E-state index is 0.0361. The van der Waals surface area contributed by atoms with Gasteiger partial charge in [0.25, 0.3) is 0 Å². The molecule has 2 spiro atoms. The van der Waals surface area contributed by atoms with Crippen LogP contribution in [-0.2, 0) is 33.3 Å². The summed E-state index contributed by atoms with van der Waals surface area (Å²) < 4.78 is 25.3. The van der Waals surface area contributed by atoms with Gasteiger partial charge in [0, 0.05) is 66.4 Å². The molecule has 14 atom stereocenters. The van der Waals surface area contributed by atoms with Crippen LogP contribution in [-0.4, -0.2) is 89.8 Å². The first-order valence-electron chi connectivity index (χ1n) is 17.2. The quantitative estimate of drug-likeness (QED) is 0.198. The molecule has 262 valence electrons. The topological polar surface area (TPSA) is 146 Å². The van der Waals surface area contributed by atoms with Crippen molar-refractivity contribution in [3.8, 4) is 0 Å². The number of rotatable bonds is 7. The third kappa shape index (κ3) is 4.01. The molecule has 6 saturated carbocycles. The van der Waals surface area contributed by atoms with Crippen LogP contribution in [0.1, 0.15) is 54.3 Å². The number of carbonyl (C=O) groups excluding carboxylic acids is 5. The van der Waals surface area contributed by atoms with Gasteiger partial charge in [0.1, 0.15) is 30.7 Å². The molecule has 7 bridgehead atoms. The summed E-state index contributed by atoms with van der Waals surface area (Å²) in [6.45, 7) is 8.80. The third-order valence-corrected chi connectivity index (χ3v) is 13.2. The van der Waals surface area contributed by atoms with E-state index in [0.29, 0.717) is 23.1 Å². The molecular weight excluding hydrogens is 642 g/mol. The van der Waals surface area contributed by atoms with Crippen LogP contribution in [0, 0.1) is 39.9 Å². The summed E-state index contributed by atoms with van der Waals surface area (Å²) in [6.07, 6.45) is -3.76. The van der Waals surface area contributed by atoms with E-state index >= 15 is 0 Å². The largest absolute Gasteiger partial charge is 0.461 e. The molecule has 50 heavy (non-hydrogen) atoms. The maximum Gasteiger partial charge on any atom is 0.338 e. The molecule has 11 nitrogen and oxygen atoms in total. The van der Waals surface area contributed by atoms with Crippen LogP contribution in [0.25, 0.3) is 0 Å². The lowest BCUT2D eigenvalue weighted by Crippen LogP contribution is -2.77. The zero-order valence-corrected chi connectivity index (χ0v) is 28.4. The molecular formula is C39H41NO10. The second-order valence-corrected chi connectivity index (χ2v) is 15.5. The Balaban J connectivity index is 1.35. The van der Waals surface area contributed by atoms with E-state index in [0.717, 1.165) is 6.29 Å². The fourth-order valence-electron chi connectivity index (χ4n) is 12.3. The predicted octanol–water partition coefficient (Wildman–Crippen LogP) is 3.39. The number of ether oxygens (including phenoxy) is 4. The SMILES string of the molecule is C=C1C[C@]23[C@@H]4[C@@H](OC(=O)c5ccccc5)[C@H]1[C@@H](OC(C)=O)[C@H]2C12[C@H](OC(C)=O)[C@@H](OC(=O)c5ccccc5)C[C@@](C)(C=O)[C@H]1[C@H]([C@H]3O)N(C)[C@H]42. The lowest BCUT2D eigenvalue weighted by molar-refractivity contribution is -0.286. The van der Waals surface area contributed by atoms with Crippen molar-refractivity contribution in [3.05, 3.63) is 83.9 Å². The Bertz CT molecular complexity index is 1800. The zero-order valence-electron chi connectivity index (χ0n) is 28.4. The van der Waals surface area contributed by atoms with Gasteiger partial charge in [-0.25, -0.2) is 9.59 Å². The molecule has 11 heteroatoms. The van der Waals surface area contributed by atoms with Crippen LogP contribution in [0.4, 0.5) is 0 Å². The van der Waals surface area contributed by atoms with E-state index in [1.54, 1.807) is 67.6 Å².